The summed E-state index contributed by atoms with van der Waals surface area (Å²) >= 11 is 0. The van der Waals surface area contributed by atoms with E-state index in [1.807, 2.05) is 23.1 Å². The third-order valence-electron chi connectivity index (χ3n) is 6.93. The van der Waals surface area contributed by atoms with E-state index in [9.17, 15) is 14.4 Å². The molecule has 33 heavy (non-hydrogen) atoms. The van der Waals surface area contributed by atoms with Gasteiger partial charge >= 0.3 is 5.97 Å². The van der Waals surface area contributed by atoms with E-state index in [0.29, 0.717) is 18.5 Å². The van der Waals surface area contributed by atoms with E-state index in [0.717, 1.165) is 43.1 Å². The van der Waals surface area contributed by atoms with Crippen molar-refractivity contribution in [2.75, 3.05) is 13.1 Å². The zero-order chi connectivity index (χ0) is 23.7. The van der Waals surface area contributed by atoms with Gasteiger partial charge in [0.1, 0.15) is 18.4 Å². The minimum atomic E-state index is -1.10. The number of amidine groups is 1. The van der Waals surface area contributed by atoms with Gasteiger partial charge in [0.05, 0.1) is 0 Å². The van der Waals surface area contributed by atoms with Crippen LogP contribution in [0.3, 0.4) is 0 Å². The number of nitrogens with zero attached hydrogens (tertiary/aromatic N) is 3. The molecule has 4 rings (SSSR count). The van der Waals surface area contributed by atoms with Crippen molar-refractivity contribution in [3.8, 4) is 0 Å². The smallest absolute Gasteiger partial charge is 0.323 e. The van der Waals surface area contributed by atoms with Crippen molar-refractivity contribution in [3.05, 3.63) is 35.5 Å². The number of carboxylic acid groups (broad SMARTS) is 1. The number of nitrogens with two attached hydrogens (primary N) is 1. The Kier molecular flexibility index (Phi) is 6.40. The fraction of sp³-hybridized carbons (Fsp3) is 0.500. The number of hydrogen-bond donors (Lipinski definition) is 3. The minimum Gasteiger partial charge on any atom is -0.480 e. The summed E-state index contributed by atoms with van der Waals surface area (Å²) in [5.74, 6) is -1.43. The van der Waals surface area contributed by atoms with Crippen LogP contribution < -0.4 is 5.73 Å². The lowest BCUT2D eigenvalue weighted by atomic mass is 10.1. The topological polar surface area (TPSA) is 133 Å². The number of rotatable bonds is 8. The highest BCUT2D eigenvalue weighted by Gasteiger charge is 2.41. The fourth-order valence-corrected chi connectivity index (χ4v) is 5.33. The Hall–Kier alpha value is -3.36. The zero-order valence-electron chi connectivity index (χ0n) is 18.9. The molecule has 2 saturated heterocycles. The monoisotopic (exact) mass is 453 g/mol. The lowest BCUT2D eigenvalue weighted by Gasteiger charge is -2.31. The molecule has 0 unspecified atom stereocenters. The average Bonchev–Trinajstić information content (AvgIpc) is 3.48. The SMILES string of the molecule is CCn1c(CC[C@@H]2CCCN2C(=O)[C@H]2CCC(=O)N2CC(=O)O)cc2ccc(C(=N)N)cc21. The molecule has 4 N–H and O–H groups in total. The van der Waals surface area contributed by atoms with Gasteiger partial charge in [-0.2, -0.15) is 0 Å². The van der Waals surface area contributed by atoms with Gasteiger partial charge in [-0.1, -0.05) is 12.1 Å². The quantitative estimate of drug-likeness (QED) is 0.415. The Balaban J connectivity index is 1.48. The van der Waals surface area contributed by atoms with Crippen LogP contribution in [0.2, 0.25) is 0 Å². The lowest BCUT2D eigenvalue weighted by Crippen LogP contribution is -2.49. The van der Waals surface area contributed by atoms with E-state index in [-0.39, 0.29) is 30.1 Å². The summed E-state index contributed by atoms with van der Waals surface area (Å²) in [5, 5.41) is 17.9. The zero-order valence-corrected chi connectivity index (χ0v) is 18.9. The Labute approximate surface area is 192 Å². The Bertz CT molecular complexity index is 1110. The number of aryl methyl sites for hydroxylation is 2. The highest BCUT2D eigenvalue weighted by molar-refractivity contribution is 5.98. The van der Waals surface area contributed by atoms with Crippen LogP contribution in [0.25, 0.3) is 10.9 Å². The molecule has 176 valence electrons. The van der Waals surface area contributed by atoms with Gasteiger partial charge < -0.3 is 25.2 Å². The number of carboxylic acids is 1. The molecule has 9 nitrogen and oxygen atoms in total. The summed E-state index contributed by atoms with van der Waals surface area (Å²) in [6.45, 7) is 3.10. The Morgan fingerprint density at radius 2 is 2.03 bits per heavy atom. The number of carbonyl (C=O) groups excluding carboxylic acids is 2. The summed E-state index contributed by atoms with van der Waals surface area (Å²) in [6.07, 6.45) is 4.04. The molecular formula is C24H31N5O4. The second-order valence-electron chi connectivity index (χ2n) is 8.90. The van der Waals surface area contributed by atoms with Crippen molar-refractivity contribution in [3.63, 3.8) is 0 Å². The van der Waals surface area contributed by atoms with Crippen molar-refractivity contribution < 1.29 is 19.5 Å². The number of aliphatic carboxylic acids is 1. The fourth-order valence-electron chi connectivity index (χ4n) is 5.33. The van der Waals surface area contributed by atoms with Crippen LogP contribution >= 0.6 is 0 Å². The van der Waals surface area contributed by atoms with Crippen LogP contribution in [-0.2, 0) is 27.3 Å². The van der Waals surface area contributed by atoms with Crippen LogP contribution in [0, 0.1) is 5.41 Å². The van der Waals surface area contributed by atoms with Crippen LogP contribution in [0.5, 0.6) is 0 Å². The summed E-state index contributed by atoms with van der Waals surface area (Å²) in [6, 6.07) is 7.37. The minimum absolute atomic E-state index is 0.0461. The van der Waals surface area contributed by atoms with Crippen molar-refractivity contribution in [1.82, 2.24) is 14.4 Å². The molecule has 3 heterocycles. The molecule has 0 saturated carbocycles. The third-order valence-corrected chi connectivity index (χ3v) is 6.93. The van der Waals surface area contributed by atoms with Crippen LogP contribution in [0.15, 0.2) is 24.3 Å². The number of nitrogen functional groups attached to an aromatic ring is 1. The maximum Gasteiger partial charge on any atom is 0.323 e. The average molecular weight is 454 g/mol. The number of fused-ring (bicyclic) bond motifs is 1. The molecule has 0 bridgehead atoms. The second kappa shape index (κ2) is 9.25. The van der Waals surface area contributed by atoms with Crippen molar-refractivity contribution in [2.45, 2.75) is 64.1 Å². The van der Waals surface area contributed by atoms with Gasteiger partial charge in [0.25, 0.3) is 0 Å². The molecule has 1 aromatic heterocycles. The molecule has 2 aromatic rings. The first kappa shape index (κ1) is 22.8. The first-order chi connectivity index (χ1) is 15.8. The van der Waals surface area contributed by atoms with E-state index in [1.165, 1.54) is 10.6 Å². The molecule has 9 heteroatoms. The molecule has 0 radical (unpaired) electrons. The second-order valence-corrected chi connectivity index (χ2v) is 8.90. The number of aromatic nitrogens is 1. The number of benzene rings is 1. The molecule has 1 aromatic carbocycles. The summed E-state index contributed by atoms with van der Waals surface area (Å²) in [4.78, 5) is 39.7. The molecule has 2 aliphatic rings. The predicted molar refractivity (Wildman–Crippen MR) is 124 cm³/mol. The highest BCUT2D eigenvalue weighted by atomic mass is 16.4. The maximum atomic E-state index is 13.3. The number of amides is 2. The first-order valence-electron chi connectivity index (χ1n) is 11.6. The van der Waals surface area contributed by atoms with E-state index in [2.05, 4.69) is 17.6 Å². The lowest BCUT2D eigenvalue weighted by molar-refractivity contribution is -0.148. The number of hydrogen-bond acceptors (Lipinski definition) is 4. The Morgan fingerprint density at radius 3 is 2.73 bits per heavy atom. The van der Waals surface area contributed by atoms with E-state index in [4.69, 9.17) is 16.2 Å². The number of likely N-dealkylation sites (tertiary alicyclic amines) is 2. The summed E-state index contributed by atoms with van der Waals surface area (Å²) < 4.78 is 2.23. The van der Waals surface area contributed by atoms with E-state index >= 15 is 0 Å². The van der Waals surface area contributed by atoms with Gasteiger partial charge in [0.15, 0.2) is 0 Å². The molecule has 0 aliphatic carbocycles. The maximum absolute atomic E-state index is 13.3. The van der Waals surface area contributed by atoms with Crippen molar-refractivity contribution >= 4 is 34.5 Å². The molecule has 2 atom stereocenters. The number of nitrogens with one attached hydrogen (secondary N) is 1. The van der Waals surface area contributed by atoms with Gasteiger partial charge in [-0.25, -0.2) is 0 Å². The van der Waals surface area contributed by atoms with Gasteiger partial charge in [-0.15, -0.1) is 0 Å². The Morgan fingerprint density at radius 1 is 1.24 bits per heavy atom. The van der Waals surface area contributed by atoms with Gasteiger partial charge in [0.2, 0.25) is 11.8 Å². The number of carbonyl (C=O) groups is 3. The molecule has 2 fully saturated rings. The summed E-state index contributed by atoms with van der Waals surface area (Å²) in [7, 11) is 0. The highest BCUT2D eigenvalue weighted by Crippen LogP contribution is 2.29. The normalized spacial score (nSPS) is 20.7. The van der Waals surface area contributed by atoms with Gasteiger partial charge in [-0.05, 0) is 56.5 Å². The van der Waals surface area contributed by atoms with Gasteiger partial charge in [-0.3, -0.25) is 19.8 Å². The summed E-state index contributed by atoms with van der Waals surface area (Å²) in [5.41, 5.74) is 8.59. The van der Waals surface area contributed by atoms with Crippen molar-refractivity contribution in [2.24, 2.45) is 5.73 Å². The predicted octanol–water partition coefficient (Wildman–Crippen LogP) is 1.94. The van der Waals surface area contributed by atoms with E-state index in [1.54, 1.807) is 0 Å². The van der Waals surface area contributed by atoms with Crippen LogP contribution in [-0.4, -0.2) is 68.3 Å². The van der Waals surface area contributed by atoms with Gasteiger partial charge in [0, 0.05) is 42.3 Å². The first-order valence-corrected chi connectivity index (χ1v) is 11.6. The molecule has 2 aliphatic heterocycles. The molecular weight excluding hydrogens is 422 g/mol. The largest absolute Gasteiger partial charge is 0.480 e. The van der Waals surface area contributed by atoms with Crippen molar-refractivity contribution in [1.29, 1.82) is 5.41 Å². The molecule has 0 spiro atoms. The van der Waals surface area contributed by atoms with Crippen LogP contribution in [0.1, 0.15) is 50.3 Å². The standard InChI is InChI=1S/C24H31N5O4/c1-2-27-18(12-15-5-6-16(23(25)26)13-20(15)27)8-7-17-4-3-11-28(17)24(33)19-9-10-21(30)29(19)14-22(31)32/h5-6,12-13,17,19H,2-4,7-11,14H2,1H3,(H3,25,26)(H,31,32)/t17-,19+/m0/s1. The van der Waals surface area contributed by atoms with Crippen LogP contribution in [0.4, 0.5) is 0 Å². The third kappa shape index (κ3) is 4.44. The molecule has 2 amide bonds. The van der Waals surface area contributed by atoms with E-state index < -0.39 is 18.6 Å².